The van der Waals surface area contributed by atoms with Crippen LogP contribution in [0.3, 0.4) is 0 Å². The van der Waals surface area contributed by atoms with E-state index in [9.17, 15) is 27.9 Å². The fourth-order valence-electron chi connectivity index (χ4n) is 2.56. The summed E-state index contributed by atoms with van der Waals surface area (Å²) in [7, 11) is 1.34. The Morgan fingerprint density at radius 1 is 1.04 bits per heavy atom. The van der Waals surface area contributed by atoms with Crippen molar-refractivity contribution in [1.82, 2.24) is 4.90 Å². The Kier molecular flexibility index (Phi) is 6.02. The van der Waals surface area contributed by atoms with E-state index < -0.39 is 29.7 Å². The van der Waals surface area contributed by atoms with Gasteiger partial charge < -0.3 is 10.0 Å². The molecule has 1 unspecified atom stereocenters. The van der Waals surface area contributed by atoms with Gasteiger partial charge in [-0.25, -0.2) is 4.79 Å². The number of carbonyl (C=O) groups is 2. The van der Waals surface area contributed by atoms with Crippen molar-refractivity contribution in [3.63, 3.8) is 0 Å². The first-order valence-corrected chi connectivity index (χ1v) is 7.87. The molecule has 26 heavy (non-hydrogen) atoms. The first-order chi connectivity index (χ1) is 12.2. The lowest BCUT2D eigenvalue weighted by atomic mass is 10.0. The van der Waals surface area contributed by atoms with Crippen LogP contribution in [0.1, 0.15) is 16.7 Å². The second-order valence-electron chi connectivity index (χ2n) is 5.92. The summed E-state index contributed by atoms with van der Waals surface area (Å²) in [6, 6.07) is 12.2. The minimum Gasteiger partial charge on any atom is -0.480 e. The van der Waals surface area contributed by atoms with Gasteiger partial charge in [0.05, 0.1) is 12.0 Å². The highest BCUT2D eigenvalue weighted by molar-refractivity contribution is 5.85. The van der Waals surface area contributed by atoms with Crippen molar-refractivity contribution in [2.24, 2.45) is 0 Å². The molecule has 0 spiro atoms. The van der Waals surface area contributed by atoms with Crippen LogP contribution in [-0.2, 0) is 28.6 Å². The Balaban J connectivity index is 2.13. The lowest BCUT2D eigenvalue weighted by Gasteiger charge is -2.25. The molecule has 1 amide bonds. The van der Waals surface area contributed by atoms with Crippen molar-refractivity contribution in [3.8, 4) is 0 Å². The molecule has 2 rings (SSSR count). The molecule has 1 atom stereocenters. The Morgan fingerprint density at radius 3 is 2.23 bits per heavy atom. The molecule has 0 saturated heterocycles. The maximum Gasteiger partial charge on any atom is 0.416 e. The number of alkyl halides is 3. The van der Waals surface area contributed by atoms with Gasteiger partial charge >= 0.3 is 12.1 Å². The van der Waals surface area contributed by atoms with Gasteiger partial charge in [0.2, 0.25) is 5.91 Å². The molecule has 0 radical (unpaired) electrons. The molecular formula is C19H18F3NO3. The lowest BCUT2D eigenvalue weighted by molar-refractivity contribution is -0.148. The van der Waals surface area contributed by atoms with Crippen LogP contribution in [0.5, 0.6) is 0 Å². The molecule has 0 fully saturated rings. The van der Waals surface area contributed by atoms with E-state index in [0.717, 1.165) is 22.6 Å². The molecule has 0 aliphatic rings. The van der Waals surface area contributed by atoms with Gasteiger partial charge in [0.15, 0.2) is 0 Å². The van der Waals surface area contributed by atoms with Gasteiger partial charge in [0.1, 0.15) is 6.04 Å². The largest absolute Gasteiger partial charge is 0.480 e. The molecule has 0 aliphatic carbocycles. The van der Waals surface area contributed by atoms with E-state index in [2.05, 4.69) is 0 Å². The number of nitrogens with zero attached hydrogens (tertiary/aromatic N) is 1. The highest BCUT2D eigenvalue weighted by atomic mass is 19.4. The van der Waals surface area contributed by atoms with Crippen LogP contribution in [0, 0.1) is 0 Å². The third-order valence-corrected chi connectivity index (χ3v) is 4.03. The van der Waals surface area contributed by atoms with Crippen molar-refractivity contribution in [2.45, 2.75) is 25.1 Å². The van der Waals surface area contributed by atoms with Gasteiger partial charge in [0, 0.05) is 13.5 Å². The number of hydrogen-bond donors (Lipinski definition) is 1. The molecule has 1 N–H and O–H groups in total. The van der Waals surface area contributed by atoms with Crippen LogP contribution in [0.15, 0.2) is 54.6 Å². The summed E-state index contributed by atoms with van der Waals surface area (Å²) in [6.07, 6.45) is -4.69. The third-order valence-electron chi connectivity index (χ3n) is 4.03. The minimum absolute atomic E-state index is 0.112. The summed E-state index contributed by atoms with van der Waals surface area (Å²) in [5, 5.41) is 9.43. The Hall–Kier alpha value is -2.83. The molecule has 0 aliphatic heterocycles. The van der Waals surface area contributed by atoms with E-state index in [0.29, 0.717) is 0 Å². The summed E-state index contributed by atoms with van der Waals surface area (Å²) in [5.74, 6) is -1.73. The molecule has 138 valence electrons. The molecule has 0 heterocycles. The van der Waals surface area contributed by atoms with Crippen molar-refractivity contribution < 1.29 is 27.9 Å². The summed E-state index contributed by atoms with van der Waals surface area (Å²) >= 11 is 0. The molecule has 0 aromatic heterocycles. The van der Waals surface area contributed by atoms with Crippen molar-refractivity contribution >= 4 is 11.9 Å². The fraction of sp³-hybridized carbons (Fsp3) is 0.263. The quantitative estimate of drug-likeness (QED) is 0.854. The number of amides is 1. The molecule has 2 aromatic rings. The third kappa shape index (κ3) is 5.08. The molecule has 0 saturated carbocycles. The number of carboxylic acids is 1. The van der Waals surface area contributed by atoms with Crippen LogP contribution < -0.4 is 0 Å². The summed E-state index contributed by atoms with van der Waals surface area (Å²) in [4.78, 5) is 25.0. The van der Waals surface area contributed by atoms with Crippen molar-refractivity contribution in [2.75, 3.05) is 7.05 Å². The van der Waals surface area contributed by atoms with Gasteiger partial charge in [0.25, 0.3) is 0 Å². The zero-order valence-corrected chi connectivity index (χ0v) is 14.0. The van der Waals surface area contributed by atoms with Crippen LogP contribution in [0.2, 0.25) is 0 Å². The molecule has 0 bridgehead atoms. The van der Waals surface area contributed by atoms with Gasteiger partial charge in [-0.2, -0.15) is 13.2 Å². The van der Waals surface area contributed by atoms with E-state index in [1.54, 1.807) is 30.3 Å². The Labute approximate surface area is 148 Å². The number of hydrogen-bond acceptors (Lipinski definition) is 2. The molecule has 2 aromatic carbocycles. The monoisotopic (exact) mass is 365 g/mol. The minimum atomic E-state index is -4.50. The second-order valence-corrected chi connectivity index (χ2v) is 5.92. The van der Waals surface area contributed by atoms with Gasteiger partial charge in [-0.1, -0.05) is 48.5 Å². The Morgan fingerprint density at radius 2 is 1.65 bits per heavy atom. The van der Waals surface area contributed by atoms with E-state index >= 15 is 0 Å². The van der Waals surface area contributed by atoms with E-state index in [1.165, 1.54) is 19.2 Å². The topological polar surface area (TPSA) is 57.6 Å². The molecule has 4 nitrogen and oxygen atoms in total. The van der Waals surface area contributed by atoms with Gasteiger partial charge in [-0.05, 0) is 17.2 Å². The normalized spacial score (nSPS) is 12.5. The number of likely N-dealkylation sites (N-methyl/N-ethyl adjacent to an activating group) is 1. The zero-order chi connectivity index (χ0) is 19.3. The van der Waals surface area contributed by atoms with Gasteiger partial charge in [-0.3, -0.25) is 4.79 Å². The average molecular weight is 365 g/mol. The fourth-order valence-corrected chi connectivity index (χ4v) is 2.56. The van der Waals surface area contributed by atoms with Crippen molar-refractivity contribution in [3.05, 3.63) is 71.3 Å². The maximum absolute atomic E-state index is 12.8. The first-order valence-electron chi connectivity index (χ1n) is 7.87. The smallest absolute Gasteiger partial charge is 0.416 e. The van der Waals surface area contributed by atoms with E-state index in [-0.39, 0.29) is 18.4 Å². The first kappa shape index (κ1) is 19.5. The zero-order valence-electron chi connectivity index (χ0n) is 14.0. The summed E-state index contributed by atoms with van der Waals surface area (Å²) in [6.45, 7) is 0. The predicted octanol–water partition coefficient (Wildman–Crippen LogP) is 3.40. The number of carboxylic acid groups (broad SMARTS) is 1. The van der Waals surface area contributed by atoms with Crippen LogP contribution in [-0.4, -0.2) is 35.0 Å². The average Bonchev–Trinajstić information content (AvgIpc) is 2.59. The number of carbonyl (C=O) groups excluding carboxylic acids is 1. The lowest BCUT2D eigenvalue weighted by Crippen LogP contribution is -2.44. The van der Waals surface area contributed by atoms with Crippen LogP contribution in [0.4, 0.5) is 13.2 Å². The molecule has 7 heteroatoms. The van der Waals surface area contributed by atoms with Crippen LogP contribution >= 0.6 is 0 Å². The highest BCUT2D eigenvalue weighted by Gasteiger charge is 2.31. The number of benzene rings is 2. The summed E-state index contributed by atoms with van der Waals surface area (Å²) < 4.78 is 38.3. The predicted molar refractivity (Wildman–Crippen MR) is 89.5 cm³/mol. The van der Waals surface area contributed by atoms with Crippen molar-refractivity contribution in [1.29, 1.82) is 0 Å². The maximum atomic E-state index is 12.8. The Bertz CT molecular complexity index is 775. The number of halogens is 3. The van der Waals surface area contributed by atoms with Crippen LogP contribution in [0.25, 0.3) is 0 Å². The number of aliphatic carboxylic acids is 1. The SMILES string of the molecule is CN(C(=O)Cc1cccc(C(F)(F)F)c1)C(Cc1ccccc1)C(=O)O. The van der Waals surface area contributed by atoms with E-state index in [4.69, 9.17) is 0 Å². The molecular weight excluding hydrogens is 347 g/mol. The van der Waals surface area contributed by atoms with E-state index in [1.807, 2.05) is 0 Å². The number of rotatable bonds is 6. The second kappa shape index (κ2) is 8.03. The summed E-state index contributed by atoms with van der Waals surface area (Å²) in [5.41, 5.74) is 0.0867. The standard InChI is InChI=1S/C19H18F3NO3/c1-23(16(18(25)26)11-13-6-3-2-4-7-13)17(24)12-14-8-5-9-15(10-14)19(20,21)22/h2-10,16H,11-12H2,1H3,(H,25,26). The van der Waals surface area contributed by atoms with Gasteiger partial charge in [-0.15, -0.1) is 0 Å². The highest BCUT2D eigenvalue weighted by Crippen LogP contribution is 2.29.